The van der Waals surface area contributed by atoms with Gasteiger partial charge >= 0.3 is 0 Å². The van der Waals surface area contributed by atoms with Crippen LogP contribution in [0.4, 0.5) is 0 Å². The standard InChI is InChI=1S/C13H23N3O/c1-16(2)8-7-15-13(10-14)11-5-4-6-12(9-11)17-3/h4-6,9,13,15H,7-8,10,14H2,1-3H3. The smallest absolute Gasteiger partial charge is 0.119 e. The Balaban J connectivity index is 2.59. The van der Waals surface area contributed by atoms with Gasteiger partial charge in [-0.05, 0) is 31.8 Å². The molecule has 0 saturated carbocycles. The SMILES string of the molecule is COc1cccc(C(CN)NCCN(C)C)c1. The molecule has 0 aliphatic rings. The molecule has 1 aromatic carbocycles. The highest BCUT2D eigenvalue weighted by molar-refractivity contribution is 5.30. The van der Waals surface area contributed by atoms with Gasteiger partial charge in [-0.3, -0.25) is 0 Å². The van der Waals surface area contributed by atoms with Crippen molar-refractivity contribution in [1.29, 1.82) is 0 Å². The van der Waals surface area contributed by atoms with Gasteiger partial charge < -0.3 is 20.7 Å². The number of methoxy groups -OCH3 is 1. The van der Waals surface area contributed by atoms with Gasteiger partial charge in [0.05, 0.1) is 7.11 Å². The summed E-state index contributed by atoms with van der Waals surface area (Å²) in [4.78, 5) is 2.14. The van der Waals surface area contributed by atoms with Crippen molar-refractivity contribution in [1.82, 2.24) is 10.2 Å². The van der Waals surface area contributed by atoms with Crippen LogP contribution in [0.3, 0.4) is 0 Å². The van der Waals surface area contributed by atoms with E-state index in [-0.39, 0.29) is 6.04 Å². The highest BCUT2D eigenvalue weighted by atomic mass is 16.5. The Morgan fingerprint density at radius 1 is 1.41 bits per heavy atom. The summed E-state index contributed by atoms with van der Waals surface area (Å²) >= 11 is 0. The molecule has 0 spiro atoms. The maximum Gasteiger partial charge on any atom is 0.119 e. The molecular formula is C13H23N3O. The van der Waals surface area contributed by atoms with Gasteiger partial charge in [0, 0.05) is 25.7 Å². The molecule has 4 nitrogen and oxygen atoms in total. The summed E-state index contributed by atoms with van der Waals surface area (Å²) in [5.41, 5.74) is 6.97. The molecule has 0 aliphatic carbocycles. The van der Waals surface area contributed by atoms with Crippen molar-refractivity contribution < 1.29 is 4.74 Å². The van der Waals surface area contributed by atoms with Crippen molar-refractivity contribution in [3.63, 3.8) is 0 Å². The third-order valence-electron chi connectivity index (χ3n) is 2.68. The van der Waals surface area contributed by atoms with Crippen LogP contribution in [-0.2, 0) is 0 Å². The van der Waals surface area contributed by atoms with E-state index in [1.807, 2.05) is 18.2 Å². The van der Waals surface area contributed by atoms with Gasteiger partial charge in [0.2, 0.25) is 0 Å². The number of hydrogen-bond acceptors (Lipinski definition) is 4. The predicted molar refractivity (Wildman–Crippen MR) is 71.3 cm³/mol. The second-order valence-corrected chi connectivity index (χ2v) is 4.32. The molecule has 1 aromatic rings. The molecule has 1 rings (SSSR count). The Bertz CT molecular complexity index is 328. The van der Waals surface area contributed by atoms with E-state index < -0.39 is 0 Å². The molecule has 0 aliphatic heterocycles. The van der Waals surface area contributed by atoms with Crippen LogP contribution in [0, 0.1) is 0 Å². The van der Waals surface area contributed by atoms with E-state index in [1.165, 1.54) is 5.56 Å². The lowest BCUT2D eigenvalue weighted by atomic mass is 10.1. The largest absolute Gasteiger partial charge is 0.497 e. The number of nitrogens with zero attached hydrogens (tertiary/aromatic N) is 1. The van der Waals surface area contributed by atoms with Gasteiger partial charge in [0.25, 0.3) is 0 Å². The van der Waals surface area contributed by atoms with Crippen LogP contribution in [0.2, 0.25) is 0 Å². The van der Waals surface area contributed by atoms with E-state index in [9.17, 15) is 0 Å². The van der Waals surface area contributed by atoms with Crippen LogP contribution in [0.1, 0.15) is 11.6 Å². The quantitative estimate of drug-likeness (QED) is 0.738. The zero-order valence-corrected chi connectivity index (χ0v) is 10.9. The summed E-state index contributed by atoms with van der Waals surface area (Å²) in [6.07, 6.45) is 0. The molecule has 0 saturated heterocycles. The van der Waals surface area contributed by atoms with Crippen LogP contribution in [0.5, 0.6) is 5.75 Å². The van der Waals surface area contributed by atoms with Crippen molar-refractivity contribution in [3.8, 4) is 5.75 Å². The molecule has 0 amide bonds. The lowest BCUT2D eigenvalue weighted by molar-refractivity contribution is 0.384. The third-order valence-corrected chi connectivity index (χ3v) is 2.68. The number of hydrogen-bond donors (Lipinski definition) is 2. The molecule has 4 heteroatoms. The normalized spacial score (nSPS) is 12.8. The molecule has 17 heavy (non-hydrogen) atoms. The Morgan fingerprint density at radius 3 is 2.76 bits per heavy atom. The van der Waals surface area contributed by atoms with Crippen molar-refractivity contribution >= 4 is 0 Å². The number of nitrogens with two attached hydrogens (primary N) is 1. The minimum absolute atomic E-state index is 0.185. The predicted octanol–water partition coefficient (Wildman–Crippen LogP) is 0.846. The zero-order chi connectivity index (χ0) is 12.7. The van der Waals surface area contributed by atoms with Crippen LogP contribution in [-0.4, -0.2) is 45.7 Å². The first-order valence-corrected chi connectivity index (χ1v) is 5.89. The summed E-state index contributed by atoms with van der Waals surface area (Å²) in [6.45, 7) is 2.51. The summed E-state index contributed by atoms with van der Waals surface area (Å²) < 4.78 is 5.22. The maximum atomic E-state index is 5.80. The van der Waals surface area contributed by atoms with Crippen LogP contribution in [0.25, 0.3) is 0 Å². The van der Waals surface area contributed by atoms with Crippen LogP contribution < -0.4 is 15.8 Å². The molecular weight excluding hydrogens is 214 g/mol. The Kier molecular flexibility index (Phi) is 5.97. The van der Waals surface area contributed by atoms with Gasteiger partial charge in [-0.2, -0.15) is 0 Å². The molecule has 3 N–H and O–H groups in total. The molecule has 0 bridgehead atoms. The molecule has 0 fully saturated rings. The van der Waals surface area contributed by atoms with Gasteiger partial charge in [-0.25, -0.2) is 0 Å². The number of nitrogens with one attached hydrogen (secondary N) is 1. The minimum atomic E-state index is 0.185. The number of benzene rings is 1. The molecule has 96 valence electrons. The molecule has 1 atom stereocenters. The molecule has 0 aromatic heterocycles. The maximum absolute atomic E-state index is 5.80. The van der Waals surface area contributed by atoms with Crippen LogP contribution >= 0.6 is 0 Å². The van der Waals surface area contributed by atoms with Crippen molar-refractivity contribution in [2.75, 3.05) is 40.8 Å². The fourth-order valence-corrected chi connectivity index (χ4v) is 1.66. The Labute approximate surface area is 104 Å². The molecule has 0 heterocycles. The average molecular weight is 237 g/mol. The number of rotatable bonds is 7. The second-order valence-electron chi connectivity index (χ2n) is 4.32. The van der Waals surface area contributed by atoms with Crippen LogP contribution in [0.15, 0.2) is 24.3 Å². The van der Waals surface area contributed by atoms with E-state index in [0.717, 1.165) is 18.8 Å². The number of ether oxygens (including phenoxy) is 1. The minimum Gasteiger partial charge on any atom is -0.497 e. The summed E-state index contributed by atoms with van der Waals surface area (Å²) in [5, 5.41) is 3.45. The first-order valence-electron chi connectivity index (χ1n) is 5.89. The van der Waals surface area contributed by atoms with E-state index in [1.54, 1.807) is 7.11 Å². The Morgan fingerprint density at radius 2 is 2.18 bits per heavy atom. The van der Waals surface area contributed by atoms with E-state index in [0.29, 0.717) is 6.54 Å². The highest BCUT2D eigenvalue weighted by Gasteiger charge is 2.09. The van der Waals surface area contributed by atoms with Gasteiger partial charge in [0.1, 0.15) is 5.75 Å². The fourth-order valence-electron chi connectivity index (χ4n) is 1.66. The lowest BCUT2D eigenvalue weighted by Gasteiger charge is -2.19. The summed E-state index contributed by atoms with van der Waals surface area (Å²) in [7, 11) is 5.80. The first kappa shape index (κ1) is 14.0. The summed E-state index contributed by atoms with van der Waals surface area (Å²) in [5.74, 6) is 0.871. The zero-order valence-electron chi connectivity index (χ0n) is 10.9. The molecule has 1 unspecified atom stereocenters. The second kappa shape index (κ2) is 7.27. The topological polar surface area (TPSA) is 50.5 Å². The van der Waals surface area contributed by atoms with E-state index >= 15 is 0 Å². The molecule has 0 radical (unpaired) electrons. The van der Waals surface area contributed by atoms with Gasteiger partial charge in [-0.1, -0.05) is 12.1 Å². The van der Waals surface area contributed by atoms with Crippen molar-refractivity contribution in [3.05, 3.63) is 29.8 Å². The monoisotopic (exact) mass is 237 g/mol. The lowest BCUT2D eigenvalue weighted by Crippen LogP contribution is -2.33. The number of likely N-dealkylation sites (N-methyl/N-ethyl adjacent to an activating group) is 1. The van der Waals surface area contributed by atoms with Gasteiger partial charge in [0.15, 0.2) is 0 Å². The van der Waals surface area contributed by atoms with E-state index in [4.69, 9.17) is 10.5 Å². The van der Waals surface area contributed by atoms with Crippen molar-refractivity contribution in [2.45, 2.75) is 6.04 Å². The first-order chi connectivity index (χ1) is 8.17. The van der Waals surface area contributed by atoms with E-state index in [2.05, 4.69) is 30.4 Å². The average Bonchev–Trinajstić information content (AvgIpc) is 2.34. The third kappa shape index (κ3) is 4.73. The summed E-state index contributed by atoms with van der Waals surface area (Å²) in [6, 6.07) is 8.22. The van der Waals surface area contributed by atoms with Gasteiger partial charge in [-0.15, -0.1) is 0 Å². The fraction of sp³-hybridized carbons (Fsp3) is 0.538. The van der Waals surface area contributed by atoms with Crippen molar-refractivity contribution in [2.24, 2.45) is 5.73 Å². The highest BCUT2D eigenvalue weighted by Crippen LogP contribution is 2.18. The Hall–Kier alpha value is -1.10.